The van der Waals surface area contributed by atoms with Crippen LogP contribution in [0, 0.1) is 0 Å². The highest BCUT2D eigenvalue weighted by molar-refractivity contribution is 6.21. The van der Waals surface area contributed by atoms with Gasteiger partial charge in [-0.3, -0.25) is 24.5 Å². The number of fused-ring (bicyclic) bond motifs is 2. The third kappa shape index (κ3) is 3.03. The van der Waals surface area contributed by atoms with Crippen LogP contribution in [0.4, 0.5) is 0 Å². The zero-order valence-electron chi connectivity index (χ0n) is 16.1. The molecule has 9 nitrogen and oxygen atoms in total. The molecule has 4 heterocycles. The van der Waals surface area contributed by atoms with E-state index < -0.39 is 0 Å². The average molecular weight is 391 g/mol. The molecule has 2 aliphatic rings. The summed E-state index contributed by atoms with van der Waals surface area (Å²) in [7, 11) is 2.01. The van der Waals surface area contributed by atoms with E-state index in [1.807, 2.05) is 7.05 Å². The summed E-state index contributed by atoms with van der Waals surface area (Å²) in [4.78, 5) is 28.7. The topological polar surface area (TPSA) is 100 Å². The molecule has 2 amide bonds. The van der Waals surface area contributed by atoms with Gasteiger partial charge in [-0.15, -0.1) is 10.2 Å². The number of nitrogens with one attached hydrogen (secondary N) is 1. The van der Waals surface area contributed by atoms with E-state index in [1.54, 1.807) is 30.5 Å². The van der Waals surface area contributed by atoms with Gasteiger partial charge < -0.3 is 4.57 Å². The molecule has 148 valence electrons. The van der Waals surface area contributed by atoms with E-state index in [4.69, 9.17) is 0 Å². The molecule has 0 bridgehead atoms. The van der Waals surface area contributed by atoms with Crippen LogP contribution < -0.4 is 0 Å². The quantitative estimate of drug-likeness (QED) is 0.637. The number of H-pyrrole nitrogens is 1. The van der Waals surface area contributed by atoms with E-state index in [9.17, 15) is 9.59 Å². The van der Waals surface area contributed by atoms with Crippen molar-refractivity contribution in [3.63, 3.8) is 0 Å². The molecule has 0 saturated carbocycles. The summed E-state index contributed by atoms with van der Waals surface area (Å²) >= 11 is 0. The van der Waals surface area contributed by atoms with Gasteiger partial charge in [0.15, 0.2) is 0 Å². The highest BCUT2D eigenvalue weighted by Crippen LogP contribution is 2.25. The number of rotatable bonds is 6. The minimum absolute atomic E-state index is 0.176. The minimum atomic E-state index is -0.265. The van der Waals surface area contributed by atoms with Gasteiger partial charge in [0.1, 0.15) is 11.6 Å². The van der Waals surface area contributed by atoms with Gasteiger partial charge >= 0.3 is 0 Å². The minimum Gasteiger partial charge on any atom is -0.314 e. The standard InChI is InChI=1S/C20H21N7O2/c1-25(12-18-24-23-17-7-4-8-26(17)18)10-13-9-21-22-16(13)11-27-19(28)14-5-2-3-6-15(14)20(27)29/h2-3,5-6,9H,4,7-8,10-12H2,1H3,(H,21,22). The van der Waals surface area contributed by atoms with Gasteiger partial charge in [0, 0.05) is 25.1 Å². The number of hydrogen-bond acceptors (Lipinski definition) is 6. The van der Waals surface area contributed by atoms with Crippen LogP contribution in [-0.2, 0) is 32.6 Å². The molecule has 0 spiro atoms. The molecule has 3 aromatic rings. The molecule has 0 radical (unpaired) electrons. The number of amides is 2. The summed E-state index contributed by atoms with van der Waals surface area (Å²) < 4.78 is 2.19. The number of carbonyl (C=O) groups is 2. The first-order valence-electron chi connectivity index (χ1n) is 9.67. The third-order valence-electron chi connectivity index (χ3n) is 5.54. The van der Waals surface area contributed by atoms with Crippen LogP contribution in [0.2, 0.25) is 0 Å². The monoisotopic (exact) mass is 391 g/mol. The Kier molecular flexibility index (Phi) is 4.24. The lowest BCUT2D eigenvalue weighted by Gasteiger charge is -2.18. The fraction of sp³-hybridized carbons (Fsp3) is 0.350. The van der Waals surface area contributed by atoms with Crippen LogP contribution in [0.15, 0.2) is 30.5 Å². The van der Waals surface area contributed by atoms with Crippen LogP contribution in [0.1, 0.15) is 50.0 Å². The molecule has 1 N–H and O–H groups in total. The molecule has 5 rings (SSSR count). The number of aromatic nitrogens is 5. The van der Waals surface area contributed by atoms with Crippen LogP contribution in [-0.4, -0.2) is 53.6 Å². The predicted molar refractivity (Wildman–Crippen MR) is 103 cm³/mol. The molecule has 1 aromatic carbocycles. The second kappa shape index (κ2) is 6.93. The average Bonchev–Trinajstić information content (AvgIpc) is 3.47. The van der Waals surface area contributed by atoms with Gasteiger partial charge in [0.05, 0.1) is 36.1 Å². The zero-order valence-corrected chi connectivity index (χ0v) is 16.1. The van der Waals surface area contributed by atoms with Crippen molar-refractivity contribution in [3.05, 3.63) is 64.5 Å². The summed E-state index contributed by atoms with van der Waals surface area (Å²) in [5, 5.41) is 15.6. The first-order chi connectivity index (χ1) is 14.1. The fourth-order valence-corrected chi connectivity index (χ4v) is 4.07. The smallest absolute Gasteiger partial charge is 0.261 e. The van der Waals surface area contributed by atoms with E-state index >= 15 is 0 Å². The Morgan fingerprint density at radius 3 is 2.62 bits per heavy atom. The molecule has 0 atom stereocenters. The Bertz CT molecular complexity index is 1060. The maximum atomic E-state index is 12.6. The van der Waals surface area contributed by atoms with E-state index in [0.29, 0.717) is 24.2 Å². The van der Waals surface area contributed by atoms with Crippen molar-refractivity contribution in [2.45, 2.75) is 39.0 Å². The van der Waals surface area contributed by atoms with Crippen LogP contribution in [0.3, 0.4) is 0 Å². The van der Waals surface area contributed by atoms with E-state index in [-0.39, 0.29) is 18.4 Å². The van der Waals surface area contributed by atoms with Crippen molar-refractivity contribution in [1.82, 2.24) is 34.8 Å². The van der Waals surface area contributed by atoms with Crippen molar-refractivity contribution >= 4 is 11.8 Å². The third-order valence-corrected chi connectivity index (χ3v) is 5.54. The lowest BCUT2D eigenvalue weighted by atomic mass is 10.1. The Morgan fingerprint density at radius 1 is 1.10 bits per heavy atom. The van der Waals surface area contributed by atoms with E-state index in [1.165, 1.54) is 4.90 Å². The van der Waals surface area contributed by atoms with E-state index in [0.717, 1.165) is 42.3 Å². The molecular formula is C20H21N7O2. The fourth-order valence-electron chi connectivity index (χ4n) is 4.07. The van der Waals surface area contributed by atoms with Crippen molar-refractivity contribution in [2.75, 3.05) is 7.05 Å². The number of nitrogens with zero attached hydrogens (tertiary/aromatic N) is 6. The Balaban J connectivity index is 1.29. The van der Waals surface area contributed by atoms with Crippen molar-refractivity contribution in [2.24, 2.45) is 0 Å². The SMILES string of the molecule is CN(Cc1cn[nH]c1CN1C(=O)c2ccccc2C1=O)Cc1nnc2n1CCC2. The van der Waals surface area contributed by atoms with Crippen LogP contribution >= 0.6 is 0 Å². The summed E-state index contributed by atoms with van der Waals surface area (Å²) in [6.45, 7) is 2.44. The summed E-state index contributed by atoms with van der Waals surface area (Å²) in [6.07, 6.45) is 3.86. The highest BCUT2D eigenvalue weighted by Gasteiger charge is 2.35. The molecule has 0 unspecified atom stereocenters. The molecule has 29 heavy (non-hydrogen) atoms. The van der Waals surface area contributed by atoms with Gasteiger partial charge in [0.2, 0.25) is 0 Å². The summed E-state index contributed by atoms with van der Waals surface area (Å²) in [5.41, 5.74) is 2.62. The van der Waals surface area contributed by atoms with Gasteiger partial charge in [-0.2, -0.15) is 5.10 Å². The highest BCUT2D eigenvalue weighted by atomic mass is 16.2. The van der Waals surface area contributed by atoms with Crippen molar-refractivity contribution < 1.29 is 9.59 Å². The number of aryl methyl sites for hydroxylation is 1. The molecule has 9 heteroatoms. The Labute approximate surface area is 167 Å². The largest absolute Gasteiger partial charge is 0.314 e. The molecule has 2 aromatic heterocycles. The van der Waals surface area contributed by atoms with Crippen LogP contribution in [0.25, 0.3) is 0 Å². The molecular weight excluding hydrogens is 370 g/mol. The molecule has 0 fully saturated rings. The first kappa shape index (κ1) is 17.7. The van der Waals surface area contributed by atoms with Gasteiger partial charge in [-0.25, -0.2) is 0 Å². The molecule has 2 aliphatic heterocycles. The second-order valence-electron chi connectivity index (χ2n) is 7.58. The zero-order chi connectivity index (χ0) is 20.0. The molecule has 0 aliphatic carbocycles. The first-order valence-corrected chi connectivity index (χ1v) is 9.67. The summed E-state index contributed by atoms with van der Waals surface area (Å²) in [6, 6.07) is 6.92. The van der Waals surface area contributed by atoms with Gasteiger partial charge in [-0.05, 0) is 25.6 Å². The maximum absolute atomic E-state index is 12.6. The maximum Gasteiger partial charge on any atom is 0.261 e. The van der Waals surface area contributed by atoms with Crippen molar-refractivity contribution in [3.8, 4) is 0 Å². The predicted octanol–water partition coefficient (Wildman–Crippen LogP) is 1.38. The van der Waals surface area contributed by atoms with E-state index in [2.05, 4.69) is 29.9 Å². The lowest BCUT2D eigenvalue weighted by molar-refractivity contribution is 0.0640. The molecule has 0 saturated heterocycles. The number of hydrogen-bond donors (Lipinski definition) is 1. The number of aromatic amines is 1. The van der Waals surface area contributed by atoms with Gasteiger partial charge in [-0.1, -0.05) is 12.1 Å². The number of carbonyl (C=O) groups excluding carboxylic acids is 2. The number of imide groups is 1. The van der Waals surface area contributed by atoms with Crippen molar-refractivity contribution in [1.29, 1.82) is 0 Å². The number of benzene rings is 1. The normalized spacial score (nSPS) is 15.4. The Hall–Kier alpha value is -3.33. The van der Waals surface area contributed by atoms with Gasteiger partial charge in [0.25, 0.3) is 11.8 Å². The lowest BCUT2D eigenvalue weighted by Crippen LogP contribution is -2.30. The second-order valence-corrected chi connectivity index (χ2v) is 7.58. The van der Waals surface area contributed by atoms with Crippen LogP contribution in [0.5, 0.6) is 0 Å². The Morgan fingerprint density at radius 2 is 1.86 bits per heavy atom. The summed E-state index contributed by atoms with van der Waals surface area (Å²) in [5.74, 6) is 1.49.